The molecular formula is C23H24N2O6. The maximum absolute atomic E-state index is 12.9. The van der Waals surface area contributed by atoms with E-state index in [0.717, 1.165) is 4.90 Å². The summed E-state index contributed by atoms with van der Waals surface area (Å²) >= 11 is 0. The van der Waals surface area contributed by atoms with Crippen LogP contribution in [0.1, 0.15) is 37.4 Å². The molecule has 0 bridgehead atoms. The molecule has 2 aromatic carbocycles. The Morgan fingerprint density at radius 1 is 1.03 bits per heavy atom. The molecule has 0 radical (unpaired) electrons. The quantitative estimate of drug-likeness (QED) is 0.491. The van der Waals surface area contributed by atoms with Crippen LogP contribution in [-0.4, -0.2) is 42.2 Å². The summed E-state index contributed by atoms with van der Waals surface area (Å²) < 4.78 is 10.6. The molecule has 0 aromatic heterocycles. The molecule has 1 aliphatic rings. The Bertz CT molecular complexity index is 944. The molecule has 3 rings (SSSR count). The fraction of sp³-hybridized carbons (Fsp3) is 0.304. The van der Waals surface area contributed by atoms with Crippen molar-refractivity contribution >= 4 is 29.4 Å². The summed E-state index contributed by atoms with van der Waals surface area (Å²) in [6, 6.07) is 15.5. The minimum absolute atomic E-state index is 0.0210. The lowest BCUT2D eigenvalue weighted by Gasteiger charge is -2.19. The van der Waals surface area contributed by atoms with Gasteiger partial charge in [-0.05, 0) is 18.6 Å². The Kier molecular flexibility index (Phi) is 7.37. The molecule has 162 valence electrons. The highest BCUT2D eigenvalue weighted by atomic mass is 16.5. The summed E-state index contributed by atoms with van der Waals surface area (Å²) in [5, 5.41) is 2.74. The zero-order chi connectivity index (χ0) is 22.2. The van der Waals surface area contributed by atoms with Crippen LogP contribution in [0.4, 0.5) is 5.69 Å². The molecule has 1 heterocycles. The molecule has 0 aliphatic carbocycles. The van der Waals surface area contributed by atoms with E-state index in [1.807, 2.05) is 0 Å². The number of ether oxygens (including phenoxy) is 2. The SMILES string of the molecule is COc1cccc(NC(=O)[C@H](OC(=O)CCCN2C(=O)CCC2=O)c2ccccc2)c1. The number of anilines is 1. The fourth-order valence-corrected chi connectivity index (χ4v) is 3.25. The van der Waals surface area contributed by atoms with Gasteiger partial charge >= 0.3 is 5.97 Å². The van der Waals surface area contributed by atoms with Crippen LogP contribution in [-0.2, 0) is 23.9 Å². The van der Waals surface area contributed by atoms with E-state index < -0.39 is 18.0 Å². The summed E-state index contributed by atoms with van der Waals surface area (Å²) in [6.45, 7) is 0.165. The molecule has 1 fully saturated rings. The average molecular weight is 424 g/mol. The predicted molar refractivity (Wildman–Crippen MR) is 112 cm³/mol. The van der Waals surface area contributed by atoms with Gasteiger partial charge in [-0.15, -0.1) is 0 Å². The van der Waals surface area contributed by atoms with Crippen LogP contribution in [0.15, 0.2) is 54.6 Å². The van der Waals surface area contributed by atoms with Crippen LogP contribution in [0.25, 0.3) is 0 Å². The van der Waals surface area contributed by atoms with Gasteiger partial charge in [-0.2, -0.15) is 0 Å². The molecule has 1 saturated heterocycles. The van der Waals surface area contributed by atoms with Gasteiger partial charge in [-0.1, -0.05) is 36.4 Å². The van der Waals surface area contributed by atoms with Gasteiger partial charge in [0.25, 0.3) is 5.91 Å². The van der Waals surface area contributed by atoms with Crippen LogP contribution < -0.4 is 10.1 Å². The molecule has 0 spiro atoms. The molecule has 1 N–H and O–H groups in total. The second kappa shape index (κ2) is 10.4. The molecule has 2 aromatic rings. The number of nitrogens with zero attached hydrogens (tertiary/aromatic N) is 1. The third-order valence-electron chi connectivity index (χ3n) is 4.84. The first-order valence-corrected chi connectivity index (χ1v) is 10.0. The summed E-state index contributed by atoms with van der Waals surface area (Å²) in [4.78, 5) is 49.8. The van der Waals surface area contributed by atoms with Crippen molar-refractivity contribution in [1.82, 2.24) is 4.90 Å². The number of hydrogen-bond donors (Lipinski definition) is 1. The fourth-order valence-electron chi connectivity index (χ4n) is 3.25. The third-order valence-corrected chi connectivity index (χ3v) is 4.84. The van der Waals surface area contributed by atoms with Crippen molar-refractivity contribution < 1.29 is 28.7 Å². The summed E-state index contributed by atoms with van der Waals surface area (Å²) in [6.07, 6.45) is -0.467. The first-order valence-electron chi connectivity index (χ1n) is 10.0. The zero-order valence-corrected chi connectivity index (χ0v) is 17.2. The lowest BCUT2D eigenvalue weighted by Crippen LogP contribution is -2.30. The molecule has 0 unspecified atom stereocenters. The molecule has 1 aliphatic heterocycles. The number of methoxy groups -OCH3 is 1. The van der Waals surface area contributed by atoms with Crippen LogP contribution >= 0.6 is 0 Å². The van der Waals surface area contributed by atoms with Gasteiger partial charge in [0.05, 0.1) is 7.11 Å². The Morgan fingerprint density at radius 3 is 2.42 bits per heavy atom. The Morgan fingerprint density at radius 2 is 1.74 bits per heavy atom. The molecule has 1 atom stereocenters. The summed E-state index contributed by atoms with van der Waals surface area (Å²) in [7, 11) is 1.53. The molecule has 8 heteroatoms. The van der Waals surface area contributed by atoms with Crippen molar-refractivity contribution in [2.24, 2.45) is 0 Å². The molecule has 8 nitrogen and oxygen atoms in total. The summed E-state index contributed by atoms with van der Waals surface area (Å²) in [5.74, 6) is -0.958. The van der Waals surface area contributed by atoms with Crippen molar-refractivity contribution in [3.05, 3.63) is 60.2 Å². The van der Waals surface area contributed by atoms with E-state index in [9.17, 15) is 19.2 Å². The molecular weight excluding hydrogens is 400 g/mol. The van der Waals surface area contributed by atoms with Gasteiger partial charge in [0, 0.05) is 43.1 Å². The van der Waals surface area contributed by atoms with Crippen molar-refractivity contribution in [3.63, 3.8) is 0 Å². The lowest BCUT2D eigenvalue weighted by molar-refractivity contribution is -0.155. The monoisotopic (exact) mass is 424 g/mol. The second-order valence-corrected chi connectivity index (χ2v) is 7.04. The van der Waals surface area contributed by atoms with Crippen LogP contribution in [0.5, 0.6) is 5.75 Å². The average Bonchev–Trinajstić information content (AvgIpc) is 3.10. The maximum Gasteiger partial charge on any atom is 0.306 e. The van der Waals surface area contributed by atoms with Crippen molar-refractivity contribution in [2.45, 2.75) is 31.8 Å². The van der Waals surface area contributed by atoms with Gasteiger partial charge in [-0.3, -0.25) is 24.1 Å². The van der Waals surface area contributed by atoms with Crippen molar-refractivity contribution in [1.29, 1.82) is 0 Å². The van der Waals surface area contributed by atoms with Crippen molar-refractivity contribution in [3.8, 4) is 5.75 Å². The number of rotatable bonds is 9. The highest BCUT2D eigenvalue weighted by Gasteiger charge is 2.29. The van der Waals surface area contributed by atoms with Crippen LogP contribution in [0, 0.1) is 0 Å². The van der Waals surface area contributed by atoms with Crippen LogP contribution in [0.3, 0.4) is 0 Å². The van der Waals surface area contributed by atoms with E-state index in [0.29, 0.717) is 17.0 Å². The number of hydrogen-bond acceptors (Lipinski definition) is 6. The molecule has 0 saturated carbocycles. The number of carbonyl (C=O) groups excluding carboxylic acids is 4. The van der Waals surface area contributed by atoms with E-state index in [1.54, 1.807) is 54.6 Å². The number of likely N-dealkylation sites (tertiary alicyclic amines) is 1. The van der Waals surface area contributed by atoms with E-state index in [2.05, 4.69) is 5.32 Å². The van der Waals surface area contributed by atoms with E-state index in [4.69, 9.17) is 9.47 Å². The number of carbonyl (C=O) groups is 4. The Balaban J connectivity index is 1.63. The number of amides is 3. The van der Waals surface area contributed by atoms with Gasteiger partial charge < -0.3 is 14.8 Å². The zero-order valence-electron chi connectivity index (χ0n) is 17.2. The topological polar surface area (TPSA) is 102 Å². The largest absolute Gasteiger partial charge is 0.497 e. The second-order valence-electron chi connectivity index (χ2n) is 7.04. The highest BCUT2D eigenvalue weighted by molar-refractivity contribution is 6.02. The number of nitrogens with one attached hydrogen (secondary N) is 1. The first kappa shape index (κ1) is 22.0. The van der Waals surface area contributed by atoms with E-state index >= 15 is 0 Å². The molecule has 31 heavy (non-hydrogen) atoms. The smallest absolute Gasteiger partial charge is 0.306 e. The third kappa shape index (κ3) is 5.91. The van der Waals surface area contributed by atoms with Gasteiger partial charge in [0.15, 0.2) is 0 Å². The van der Waals surface area contributed by atoms with Crippen LogP contribution in [0.2, 0.25) is 0 Å². The van der Waals surface area contributed by atoms with Gasteiger partial charge in [-0.25, -0.2) is 0 Å². The Hall–Kier alpha value is -3.68. The standard InChI is InChI=1S/C23H24N2O6/c1-30-18-10-5-9-17(15-18)24-23(29)22(16-7-3-2-4-8-16)31-21(28)11-6-14-25-19(26)12-13-20(25)27/h2-5,7-10,15,22H,6,11-14H2,1H3,(H,24,29)/t22-/m1/s1. The minimum atomic E-state index is -1.14. The van der Waals surface area contributed by atoms with Gasteiger partial charge in [0.2, 0.25) is 17.9 Å². The van der Waals surface area contributed by atoms with E-state index in [-0.39, 0.29) is 44.0 Å². The maximum atomic E-state index is 12.9. The lowest BCUT2D eigenvalue weighted by atomic mass is 10.1. The highest BCUT2D eigenvalue weighted by Crippen LogP contribution is 2.23. The predicted octanol–water partition coefficient (Wildman–Crippen LogP) is 2.85. The van der Waals surface area contributed by atoms with E-state index in [1.165, 1.54) is 7.11 Å². The minimum Gasteiger partial charge on any atom is -0.497 e. The van der Waals surface area contributed by atoms with Gasteiger partial charge in [0.1, 0.15) is 5.75 Å². The number of benzene rings is 2. The number of imide groups is 1. The Labute approximate surface area is 180 Å². The first-order chi connectivity index (χ1) is 15.0. The van der Waals surface area contributed by atoms with Crippen molar-refractivity contribution in [2.75, 3.05) is 19.0 Å². The summed E-state index contributed by atoms with van der Waals surface area (Å²) in [5.41, 5.74) is 1.04. The number of esters is 1. The normalized spacial score (nSPS) is 14.3. The molecule has 3 amide bonds.